The van der Waals surface area contributed by atoms with Gasteiger partial charge >= 0.3 is 0 Å². The summed E-state index contributed by atoms with van der Waals surface area (Å²) in [7, 11) is 0. The van der Waals surface area contributed by atoms with Gasteiger partial charge in [0.1, 0.15) is 0 Å². The van der Waals surface area contributed by atoms with Crippen molar-refractivity contribution in [1.29, 1.82) is 0 Å². The fourth-order valence-corrected chi connectivity index (χ4v) is 4.02. The second kappa shape index (κ2) is 11.6. The Kier molecular flexibility index (Phi) is 8.59. The van der Waals surface area contributed by atoms with Crippen LogP contribution in [0.4, 0.5) is 0 Å². The van der Waals surface area contributed by atoms with Crippen molar-refractivity contribution < 1.29 is 9.90 Å². The molecule has 0 saturated carbocycles. The van der Waals surface area contributed by atoms with Gasteiger partial charge in [-0.15, -0.1) is 0 Å². The number of rotatable bonds is 12. The minimum absolute atomic E-state index is 0.0831. The van der Waals surface area contributed by atoms with E-state index in [4.69, 9.17) is 0 Å². The zero-order chi connectivity index (χ0) is 22.8. The standard InChI is InChI=1S/C26H34N4O2/c1-3-26(4-2,22-13-9-6-10-14-22)29-17-24(31)19-30-18-23(28-20-30)15-16-27-25(32)21-11-7-5-8-12-21/h5-14,18,20,24,29,31H,3-4,15-17,19H2,1-2H3,(H,27,32). The lowest BCUT2D eigenvalue weighted by molar-refractivity contribution is 0.0954. The normalized spacial score (nSPS) is 12.5. The minimum atomic E-state index is -0.531. The highest BCUT2D eigenvalue weighted by Crippen LogP contribution is 2.28. The Balaban J connectivity index is 1.46. The van der Waals surface area contributed by atoms with Crippen LogP contribution in [0, 0.1) is 0 Å². The molecule has 3 rings (SSSR count). The summed E-state index contributed by atoms with van der Waals surface area (Å²) in [6.45, 7) is 5.83. The Morgan fingerprint density at radius 2 is 1.72 bits per heavy atom. The van der Waals surface area contributed by atoms with Gasteiger partial charge in [-0.3, -0.25) is 4.79 Å². The zero-order valence-electron chi connectivity index (χ0n) is 19.0. The van der Waals surface area contributed by atoms with E-state index in [2.05, 4.69) is 53.7 Å². The van der Waals surface area contributed by atoms with Crippen molar-refractivity contribution >= 4 is 5.91 Å². The van der Waals surface area contributed by atoms with Gasteiger partial charge in [0, 0.05) is 36.8 Å². The quantitative estimate of drug-likeness (QED) is 0.408. The first kappa shape index (κ1) is 23.7. The molecule has 0 saturated heterocycles. The second-order valence-electron chi connectivity index (χ2n) is 8.12. The fourth-order valence-electron chi connectivity index (χ4n) is 4.02. The van der Waals surface area contributed by atoms with Crippen LogP contribution >= 0.6 is 0 Å². The van der Waals surface area contributed by atoms with E-state index in [0.29, 0.717) is 31.6 Å². The summed E-state index contributed by atoms with van der Waals surface area (Å²) >= 11 is 0. The number of carbonyl (C=O) groups is 1. The van der Waals surface area contributed by atoms with Crippen molar-refractivity contribution in [1.82, 2.24) is 20.2 Å². The molecule has 0 fully saturated rings. The van der Waals surface area contributed by atoms with Gasteiger partial charge in [0.15, 0.2) is 0 Å². The van der Waals surface area contributed by atoms with Gasteiger partial charge in [0.05, 0.1) is 24.7 Å². The zero-order valence-corrected chi connectivity index (χ0v) is 19.0. The van der Waals surface area contributed by atoms with Gasteiger partial charge < -0.3 is 20.3 Å². The average Bonchev–Trinajstić information content (AvgIpc) is 3.28. The van der Waals surface area contributed by atoms with E-state index in [0.717, 1.165) is 18.5 Å². The summed E-state index contributed by atoms with van der Waals surface area (Å²) in [4.78, 5) is 16.5. The van der Waals surface area contributed by atoms with Crippen LogP contribution in [-0.4, -0.2) is 39.8 Å². The molecule has 6 nitrogen and oxygen atoms in total. The summed E-state index contributed by atoms with van der Waals surface area (Å²) in [5.74, 6) is -0.0831. The Morgan fingerprint density at radius 3 is 2.38 bits per heavy atom. The summed E-state index contributed by atoms with van der Waals surface area (Å²) in [6, 6.07) is 19.6. The molecule has 6 heteroatoms. The number of aromatic nitrogens is 2. The summed E-state index contributed by atoms with van der Waals surface area (Å²) in [6.07, 6.45) is 5.68. The van der Waals surface area contributed by atoms with E-state index >= 15 is 0 Å². The lowest BCUT2D eigenvalue weighted by Gasteiger charge is -2.34. The van der Waals surface area contributed by atoms with Gasteiger partial charge in [-0.2, -0.15) is 0 Å². The second-order valence-corrected chi connectivity index (χ2v) is 8.12. The third-order valence-corrected chi connectivity index (χ3v) is 6.02. The predicted molar refractivity (Wildman–Crippen MR) is 127 cm³/mol. The molecule has 0 bridgehead atoms. The number of nitrogens with zero attached hydrogens (tertiary/aromatic N) is 2. The van der Waals surface area contributed by atoms with Gasteiger partial charge in [0.25, 0.3) is 5.91 Å². The maximum absolute atomic E-state index is 12.1. The van der Waals surface area contributed by atoms with Gasteiger partial charge in [0.2, 0.25) is 0 Å². The van der Waals surface area contributed by atoms with Crippen molar-refractivity contribution in [3.05, 3.63) is 90.0 Å². The summed E-state index contributed by atoms with van der Waals surface area (Å²) < 4.78 is 1.91. The molecule has 0 spiro atoms. The lowest BCUT2D eigenvalue weighted by atomic mass is 9.84. The van der Waals surface area contributed by atoms with Gasteiger partial charge in [-0.25, -0.2) is 4.98 Å². The maximum Gasteiger partial charge on any atom is 0.251 e. The van der Waals surface area contributed by atoms with E-state index in [1.165, 1.54) is 5.56 Å². The Hall–Kier alpha value is -2.96. The first-order valence-electron chi connectivity index (χ1n) is 11.4. The third kappa shape index (κ3) is 6.28. The first-order valence-corrected chi connectivity index (χ1v) is 11.4. The number of hydrogen-bond donors (Lipinski definition) is 3. The largest absolute Gasteiger partial charge is 0.390 e. The number of carbonyl (C=O) groups excluding carboxylic acids is 1. The molecule has 3 aromatic rings. The number of imidazole rings is 1. The van der Waals surface area contributed by atoms with Crippen LogP contribution in [0.3, 0.4) is 0 Å². The highest BCUT2D eigenvalue weighted by Gasteiger charge is 2.28. The molecule has 32 heavy (non-hydrogen) atoms. The molecule has 3 N–H and O–H groups in total. The Bertz CT molecular complexity index is 952. The average molecular weight is 435 g/mol. The maximum atomic E-state index is 12.1. The lowest BCUT2D eigenvalue weighted by Crippen LogP contribution is -2.45. The van der Waals surface area contributed by atoms with Crippen LogP contribution in [0.15, 0.2) is 73.2 Å². The van der Waals surface area contributed by atoms with E-state index < -0.39 is 6.10 Å². The molecule has 1 heterocycles. The van der Waals surface area contributed by atoms with E-state index in [1.807, 2.05) is 35.0 Å². The number of amides is 1. The number of aliphatic hydroxyl groups is 1. The number of aliphatic hydroxyl groups excluding tert-OH is 1. The van der Waals surface area contributed by atoms with Crippen LogP contribution in [0.5, 0.6) is 0 Å². The first-order chi connectivity index (χ1) is 15.6. The Labute approximate surface area is 190 Å². The Morgan fingerprint density at radius 1 is 1.06 bits per heavy atom. The molecule has 2 aromatic carbocycles. The van der Waals surface area contributed by atoms with E-state index in [9.17, 15) is 9.90 Å². The van der Waals surface area contributed by atoms with Gasteiger partial charge in [-0.1, -0.05) is 62.4 Å². The molecule has 1 amide bonds. The third-order valence-electron chi connectivity index (χ3n) is 6.02. The number of benzene rings is 2. The van der Waals surface area contributed by atoms with Crippen LogP contribution in [0.25, 0.3) is 0 Å². The van der Waals surface area contributed by atoms with Crippen LogP contribution in [-0.2, 0) is 18.5 Å². The SMILES string of the molecule is CCC(CC)(NCC(O)Cn1cnc(CCNC(=O)c2ccccc2)c1)c1ccccc1. The monoisotopic (exact) mass is 434 g/mol. The van der Waals surface area contributed by atoms with Crippen LogP contribution in [0.2, 0.25) is 0 Å². The molecule has 1 atom stereocenters. The summed E-state index contributed by atoms with van der Waals surface area (Å²) in [5.41, 5.74) is 2.65. The van der Waals surface area contributed by atoms with Crippen LogP contribution in [0.1, 0.15) is 48.3 Å². The molecular formula is C26H34N4O2. The molecule has 0 aliphatic carbocycles. The molecule has 1 unspecified atom stereocenters. The highest BCUT2D eigenvalue weighted by molar-refractivity contribution is 5.94. The van der Waals surface area contributed by atoms with E-state index in [1.54, 1.807) is 18.5 Å². The smallest absolute Gasteiger partial charge is 0.251 e. The molecular weight excluding hydrogens is 400 g/mol. The molecule has 0 radical (unpaired) electrons. The van der Waals surface area contributed by atoms with Gasteiger partial charge in [-0.05, 0) is 30.5 Å². The van der Waals surface area contributed by atoms with Crippen LogP contribution < -0.4 is 10.6 Å². The number of nitrogens with one attached hydrogen (secondary N) is 2. The minimum Gasteiger partial charge on any atom is -0.390 e. The molecule has 0 aliphatic rings. The van der Waals surface area contributed by atoms with Crippen molar-refractivity contribution in [2.24, 2.45) is 0 Å². The van der Waals surface area contributed by atoms with E-state index in [-0.39, 0.29) is 11.4 Å². The predicted octanol–water partition coefficient (Wildman–Crippen LogP) is 3.52. The van der Waals surface area contributed by atoms with Crippen molar-refractivity contribution in [2.45, 2.75) is 51.3 Å². The highest BCUT2D eigenvalue weighted by atomic mass is 16.3. The summed E-state index contributed by atoms with van der Waals surface area (Å²) in [5, 5.41) is 17.1. The van der Waals surface area contributed by atoms with Crippen molar-refractivity contribution in [3.8, 4) is 0 Å². The number of hydrogen-bond acceptors (Lipinski definition) is 4. The topological polar surface area (TPSA) is 79.2 Å². The van der Waals surface area contributed by atoms with Crippen molar-refractivity contribution in [3.63, 3.8) is 0 Å². The molecule has 170 valence electrons. The molecule has 1 aromatic heterocycles. The van der Waals surface area contributed by atoms with Crippen molar-refractivity contribution in [2.75, 3.05) is 13.1 Å². The fraction of sp³-hybridized carbons (Fsp3) is 0.385. The molecule has 0 aliphatic heterocycles.